The van der Waals surface area contributed by atoms with E-state index >= 15 is 0 Å². The molecule has 0 amide bonds. The fourth-order valence-corrected chi connectivity index (χ4v) is 9.25. The third kappa shape index (κ3) is 5.43. The number of nitrogens with zero attached hydrogens (tertiary/aromatic N) is 2. The standard InChI is InChI=1S/C55H40N2O/c1-55(2)48-25-11-12-26-49(48)57-53-47-24-10-9-17-39(47)29-33-50(53)58-51-34-32-46(52(55)54(51)57)42-20-13-18-40(35-42)41-19-14-23-45(36-41)56(43-21-7-4-8-22-43)44-30-27-38(28-31-44)37-15-5-3-6-16-37/h3-36H,1-2H3. The highest BCUT2D eigenvalue weighted by atomic mass is 16.5. The minimum absolute atomic E-state index is 0.304. The number of hydrogen-bond acceptors (Lipinski definition) is 3. The third-order valence-electron chi connectivity index (χ3n) is 12.0. The molecule has 276 valence electrons. The van der Waals surface area contributed by atoms with Crippen LogP contribution in [0.25, 0.3) is 44.2 Å². The Morgan fingerprint density at radius 2 is 1.02 bits per heavy atom. The number of para-hydroxylation sites is 2. The van der Waals surface area contributed by atoms with Crippen LogP contribution in [0, 0.1) is 0 Å². The zero-order chi connectivity index (χ0) is 38.8. The summed E-state index contributed by atoms with van der Waals surface area (Å²) >= 11 is 0. The Labute approximate surface area is 339 Å². The molecule has 0 N–H and O–H groups in total. The van der Waals surface area contributed by atoms with Crippen molar-refractivity contribution in [2.24, 2.45) is 0 Å². The SMILES string of the molecule is CC1(C)c2ccccc2N2c3c(ccc(-c4cccc(-c5cccc(N(c6ccccc6)c6ccc(-c7ccccc7)cc6)c5)c4)c31)Oc1ccc3ccccc3c12. The molecular weight excluding hydrogens is 705 g/mol. The van der Waals surface area contributed by atoms with Gasteiger partial charge in [0.2, 0.25) is 0 Å². The zero-order valence-corrected chi connectivity index (χ0v) is 32.4. The Kier molecular flexibility index (Phi) is 7.84. The first-order chi connectivity index (χ1) is 28.5. The second-order valence-electron chi connectivity index (χ2n) is 15.8. The topological polar surface area (TPSA) is 15.7 Å². The molecular formula is C55H40N2O. The van der Waals surface area contributed by atoms with Crippen molar-refractivity contribution in [2.75, 3.05) is 9.80 Å². The van der Waals surface area contributed by atoms with Gasteiger partial charge >= 0.3 is 0 Å². The smallest absolute Gasteiger partial charge is 0.152 e. The predicted octanol–water partition coefficient (Wildman–Crippen LogP) is 15.5. The van der Waals surface area contributed by atoms with Crippen LogP contribution in [-0.4, -0.2) is 0 Å². The highest BCUT2D eigenvalue weighted by Crippen LogP contribution is 2.62. The molecule has 3 heteroatoms. The summed E-state index contributed by atoms with van der Waals surface area (Å²) in [6, 6.07) is 74.2. The van der Waals surface area contributed by atoms with Gasteiger partial charge < -0.3 is 14.5 Å². The molecule has 0 unspecified atom stereocenters. The van der Waals surface area contributed by atoms with Gasteiger partial charge in [0.25, 0.3) is 0 Å². The van der Waals surface area contributed by atoms with Crippen molar-refractivity contribution in [2.45, 2.75) is 19.3 Å². The first-order valence-electron chi connectivity index (χ1n) is 20.0. The van der Waals surface area contributed by atoms with E-state index < -0.39 is 0 Å². The molecule has 0 radical (unpaired) electrons. The maximum atomic E-state index is 6.82. The van der Waals surface area contributed by atoms with Crippen LogP contribution < -0.4 is 14.5 Å². The predicted molar refractivity (Wildman–Crippen MR) is 242 cm³/mol. The normalized spacial score (nSPS) is 13.2. The molecule has 0 bridgehead atoms. The quantitative estimate of drug-likeness (QED) is 0.169. The first kappa shape index (κ1) is 33.9. The van der Waals surface area contributed by atoms with Gasteiger partial charge in [-0.05, 0) is 111 Å². The first-order valence-corrected chi connectivity index (χ1v) is 20.0. The van der Waals surface area contributed by atoms with Gasteiger partial charge in [-0.15, -0.1) is 0 Å². The van der Waals surface area contributed by atoms with Crippen molar-refractivity contribution in [3.63, 3.8) is 0 Å². The van der Waals surface area contributed by atoms with Crippen LogP contribution in [0.5, 0.6) is 11.5 Å². The highest BCUT2D eigenvalue weighted by molar-refractivity contribution is 6.07. The average Bonchev–Trinajstić information content (AvgIpc) is 3.28. The third-order valence-corrected chi connectivity index (χ3v) is 12.0. The molecule has 3 nitrogen and oxygen atoms in total. The fourth-order valence-electron chi connectivity index (χ4n) is 9.25. The van der Waals surface area contributed by atoms with Gasteiger partial charge in [-0.2, -0.15) is 0 Å². The van der Waals surface area contributed by atoms with Crippen LogP contribution in [0.3, 0.4) is 0 Å². The van der Waals surface area contributed by atoms with Gasteiger partial charge in [-0.3, -0.25) is 0 Å². The fraction of sp³-hybridized carbons (Fsp3) is 0.0545. The molecule has 0 saturated carbocycles. The minimum atomic E-state index is -0.304. The van der Waals surface area contributed by atoms with E-state index in [-0.39, 0.29) is 5.41 Å². The van der Waals surface area contributed by atoms with Crippen LogP contribution in [0.4, 0.5) is 34.1 Å². The molecule has 0 saturated heterocycles. The van der Waals surface area contributed by atoms with Crippen LogP contribution in [0.1, 0.15) is 25.0 Å². The summed E-state index contributed by atoms with van der Waals surface area (Å²) in [5, 5.41) is 2.37. The number of ether oxygens (including phenoxy) is 1. The minimum Gasteiger partial charge on any atom is -0.453 e. The monoisotopic (exact) mass is 744 g/mol. The van der Waals surface area contributed by atoms with E-state index in [1.165, 1.54) is 49.8 Å². The lowest BCUT2D eigenvalue weighted by Gasteiger charge is -2.46. The summed E-state index contributed by atoms with van der Waals surface area (Å²) in [4.78, 5) is 4.81. The van der Waals surface area contributed by atoms with E-state index in [1.54, 1.807) is 0 Å². The average molecular weight is 745 g/mol. The van der Waals surface area contributed by atoms with Crippen molar-refractivity contribution in [3.8, 4) is 44.9 Å². The van der Waals surface area contributed by atoms with Gasteiger partial charge in [0.1, 0.15) is 0 Å². The van der Waals surface area contributed by atoms with Gasteiger partial charge in [0, 0.05) is 27.9 Å². The van der Waals surface area contributed by atoms with Gasteiger partial charge in [-0.25, -0.2) is 0 Å². The maximum Gasteiger partial charge on any atom is 0.152 e. The van der Waals surface area contributed by atoms with Crippen LogP contribution >= 0.6 is 0 Å². The molecule has 0 aromatic heterocycles. The molecule has 11 rings (SSSR count). The lowest BCUT2D eigenvalue weighted by Crippen LogP contribution is -2.33. The van der Waals surface area contributed by atoms with E-state index in [1.807, 2.05) is 0 Å². The molecule has 0 fully saturated rings. The van der Waals surface area contributed by atoms with Gasteiger partial charge in [-0.1, -0.05) is 159 Å². The number of rotatable bonds is 6. The lowest BCUT2D eigenvalue weighted by molar-refractivity contribution is 0.472. The molecule has 2 aliphatic heterocycles. The number of anilines is 6. The van der Waals surface area contributed by atoms with Crippen molar-refractivity contribution in [1.29, 1.82) is 0 Å². The summed E-state index contributed by atoms with van der Waals surface area (Å²) in [6.45, 7) is 4.72. The summed E-state index contributed by atoms with van der Waals surface area (Å²) in [6.07, 6.45) is 0. The van der Waals surface area contributed by atoms with E-state index in [0.717, 1.165) is 51.1 Å². The summed E-state index contributed by atoms with van der Waals surface area (Å²) < 4.78 is 6.82. The van der Waals surface area contributed by atoms with E-state index in [0.29, 0.717) is 0 Å². The number of hydrogen-bond donors (Lipinski definition) is 0. The Bertz CT molecular complexity index is 3010. The van der Waals surface area contributed by atoms with Crippen molar-refractivity contribution in [1.82, 2.24) is 0 Å². The molecule has 0 spiro atoms. The Morgan fingerprint density at radius 1 is 0.431 bits per heavy atom. The van der Waals surface area contributed by atoms with E-state index in [2.05, 4.69) is 230 Å². The summed E-state index contributed by atoms with van der Waals surface area (Å²) in [5.74, 6) is 1.75. The van der Waals surface area contributed by atoms with Crippen molar-refractivity contribution < 1.29 is 4.74 Å². The van der Waals surface area contributed by atoms with E-state index in [9.17, 15) is 0 Å². The molecule has 9 aromatic rings. The number of benzene rings is 9. The molecule has 2 heterocycles. The largest absolute Gasteiger partial charge is 0.453 e. The number of fused-ring (bicyclic) bond motifs is 6. The maximum absolute atomic E-state index is 6.82. The molecule has 0 aliphatic carbocycles. The lowest BCUT2D eigenvalue weighted by atomic mass is 9.70. The highest BCUT2D eigenvalue weighted by Gasteiger charge is 2.43. The van der Waals surface area contributed by atoms with Crippen LogP contribution in [0.2, 0.25) is 0 Å². The van der Waals surface area contributed by atoms with Crippen LogP contribution in [-0.2, 0) is 5.41 Å². The van der Waals surface area contributed by atoms with Crippen molar-refractivity contribution in [3.05, 3.63) is 217 Å². The molecule has 58 heavy (non-hydrogen) atoms. The molecule has 9 aromatic carbocycles. The Hall–Kier alpha value is -7.36. The Balaban J connectivity index is 1.03. The van der Waals surface area contributed by atoms with E-state index in [4.69, 9.17) is 4.74 Å². The van der Waals surface area contributed by atoms with Crippen LogP contribution in [0.15, 0.2) is 206 Å². The van der Waals surface area contributed by atoms with Gasteiger partial charge in [0.15, 0.2) is 11.5 Å². The molecule has 0 atom stereocenters. The summed E-state index contributed by atoms with van der Waals surface area (Å²) in [5.41, 5.74) is 16.1. The van der Waals surface area contributed by atoms with Crippen molar-refractivity contribution >= 4 is 44.9 Å². The second kappa shape index (κ2) is 13.4. The molecule has 2 aliphatic rings. The van der Waals surface area contributed by atoms with Gasteiger partial charge in [0.05, 0.1) is 17.1 Å². The second-order valence-corrected chi connectivity index (χ2v) is 15.8. The zero-order valence-electron chi connectivity index (χ0n) is 32.4. The summed E-state index contributed by atoms with van der Waals surface area (Å²) in [7, 11) is 0. The Morgan fingerprint density at radius 3 is 1.84 bits per heavy atom.